The number of nitrogens with two attached hydrogens (primary N) is 1. The quantitative estimate of drug-likeness (QED) is 0.865. The number of anilines is 1. The Hall–Kier alpha value is -1.68. The summed E-state index contributed by atoms with van der Waals surface area (Å²) in [4.78, 5) is 16.2. The van der Waals surface area contributed by atoms with E-state index in [9.17, 15) is 4.79 Å². The summed E-state index contributed by atoms with van der Waals surface area (Å²) in [7, 11) is 0. The van der Waals surface area contributed by atoms with Gasteiger partial charge >= 0.3 is 0 Å². The topological polar surface area (TPSA) is 56.0 Å². The van der Waals surface area contributed by atoms with Crippen molar-refractivity contribution in [3.05, 3.63) is 57.7 Å². The first-order chi connectivity index (χ1) is 8.08. The highest BCUT2D eigenvalue weighted by Gasteiger charge is 2.13. The molecular weight excluding hydrogens is 280 g/mol. The van der Waals surface area contributed by atoms with E-state index < -0.39 is 0 Å². The predicted octanol–water partition coefficient (Wildman–Crippen LogP) is 2.97. The Morgan fingerprint density at radius 3 is 2.82 bits per heavy atom. The number of carbonyl (C=O) groups excluding carboxylic acids is 1. The zero-order chi connectivity index (χ0) is 12.4. The summed E-state index contributed by atoms with van der Waals surface area (Å²) >= 11 is 3.34. The molecule has 1 heterocycles. The number of aromatic nitrogens is 1. The average Bonchev–Trinajstić information content (AvgIpc) is 2.31. The average molecular weight is 291 g/mol. The Kier molecular flexibility index (Phi) is 3.24. The monoisotopic (exact) mass is 290 g/mol. The maximum atomic E-state index is 12.2. The molecule has 3 nitrogen and oxygen atoms in total. The van der Waals surface area contributed by atoms with Gasteiger partial charge in [0.05, 0.1) is 5.56 Å². The van der Waals surface area contributed by atoms with Crippen molar-refractivity contribution in [1.82, 2.24) is 4.98 Å². The fraction of sp³-hybridized carbons (Fsp3) is 0.0769. The van der Waals surface area contributed by atoms with Crippen molar-refractivity contribution in [2.24, 2.45) is 0 Å². The van der Waals surface area contributed by atoms with Crippen LogP contribution in [0.15, 0.2) is 41.0 Å². The van der Waals surface area contributed by atoms with Crippen LogP contribution in [0, 0.1) is 6.92 Å². The van der Waals surface area contributed by atoms with Gasteiger partial charge in [0.1, 0.15) is 5.82 Å². The van der Waals surface area contributed by atoms with Gasteiger partial charge in [0, 0.05) is 16.2 Å². The smallest absolute Gasteiger partial charge is 0.196 e. The maximum Gasteiger partial charge on any atom is 0.196 e. The van der Waals surface area contributed by atoms with Gasteiger partial charge < -0.3 is 5.73 Å². The van der Waals surface area contributed by atoms with Gasteiger partial charge in [-0.05, 0) is 30.7 Å². The molecule has 0 aliphatic rings. The number of nitrogens with zero attached hydrogens (tertiary/aromatic N) is 1. The molecule has 0 fully saturated rings. The molecule has 0 spiro atoms. The fourth-order valence-corrected chi connectivity index (χ4v) is 1.95. The van der Waals surface area contributed by atoms with E-state index in [1.807, 2.05) is 19.1 Å². The van der Waals surface area contributed by atoms with E-state index in [2.05, 4.69) is 20.9 Å². The van der Waals surface area contributed by atoms with Crippen LogP contribution in [0.2, 0.25) is 0 Å². The largest absolute Gasteiger partial charge is 0.383 e. The lowest BCUT2D eigenvalue weighted by Gasteiger charge is -2.05. The van der Waals surface area contributed by atoms with Crippen LogP contribution in [0.3, 0.4) is 0 Å². The molecule has 0 saturated carbocycles. The van der Waals surface area contributed by atoms with Gasteiger partial charge in [0.2, 0.25) is 0 Å². The highest BCUT2D eigenvalue weighted by Crippen LogP contribution is 2.18. The van der Waals surface area contributed by atoms with Crippen LogP contribution in [0.5, 0.6) is 0 Å². The minimum Gasteiger partial charge on any atom is -0.383 e. The Balaban J connectivity index is 2.47. The first-order valence-corrected chi connectivity index (χ1v) is 5.89. The Morgan fingerprint density at radius 2 is 2.12 bits per heavy atom. The first-order valence-electron chi connectivity index (χ1n) is 5.10. The number of benzene rings is 1. The van der Waals surface area contributed by atoms with Crippen molar-refractivity contribution in [3.8, 4) is 0 Å². The SMILES string of the molecule is Cc1cnc(N)c(C(=O)c2cccc(Br)c2)c1. The molecule has 0 aliphatic carbocycles. The molecule has 0 amide bonds. The number of hydrogen-bond acceptors (Lipinski definition) is 3. The molecule has 0 bridgehead atoms. The number of aryl methyl sites for hydroxylation is 1. The van der Waals surface area contributed by atoms with E-state index in [0.717, 1.165) is 10.0 Å². The van der Waals surface area contributed by atoms with Crippen molar-refractivity contribution >= 4 is 27.5 Å². The number of pyridine rings is 1. The van der Waals surface area contributed by atoms with Crippen molar-refractivity contribution < 1.29 is 4.79 Å². The minimum absolute atomic E-state index is 0.111. The summed E-state index contributed by atoms with van der Waals surface area (Å²) in [6, 6.07) is 8.97. The molecule has 2 N–H and O–H groups in total. The van der Waals surface area contributed by atoms with Gasteiger partial charge in [-0.2, -0.15) is 0 Å². The van der Waals surface area contributed by atoms with Crippen LogP contribution < -0.4 is 5.73 Å². The van der Waals surface area contributed by atoms with Gasteiger partial charge in [0.15, 0.2) is 5.78 Å². The predicted molar refractivity (Wildman–Crippen MR) is 71.0 cm³/mol. The second kappa shape index (κ2) is 4.67. The summed E-state index contributed by atoms with van der Waals surface area (Å²) in [5, 5.41) is 0. The number of hydrogen-bond donors (Lipinski definition) is 1. The molecule has 0 saturated heterocycles. The van der Waals surface area contributed by atoms with Gasteiger partial charge in [-0.25, -0.2) is 4.98 Å². The van der Waals surface area contributed by atoms with Crippen LogP contribution in [-0.2, 0) is 0 Å². The second-order valence-corrected chi connectivity index (χ2v) is 4.70. The Labute approximate surface area is 108 Å². The van der Waals surface area contributed by atoms with E-state index in [1.165, 1.54) is 0 Å². The molecule has 86 valence electrons. The molecule has 1 aromatic heterocycles. The number of carbonyl (C=O) groups is 1. The third kappa shape index (κ3) is 2.53. The number of ketones is 1. The summed E-state index contributed by atoms with van der Waals surface area (Å²) in [5.41, 5.74) is 7.68. The number of rotatable bonds is 2. The number of nitrogen functional groups attached to an aromatic ring is 1. The van der Waals surface area contributed by atoms with E-state index in [0.29, 0.717) is 11.1 Å². The number of halogens is 1. The molecular formula is C13H11BrN2O. The van der Waals surface area contributed by atoms with Gasteiger partial charge in [-0.15, -0.1) is 0 Å². The molecule has 0 unspecified atom stereocenters. The third-order valence-electron chi connectivity index (χ3n) is 2.39. The molecule has 1 aromatic carbocycles. The van der Waals surface area contributed by atoms with Crippen LogP contribution in [0.4, 0.5) is 5.82 Å². The highest BCUT2D eigenvalue weighted by molar-refractivity contribution is 9.10. The maximum absolute atomic E-state index is 12.2. The van der Waals surface area contributed by atoms with Crippen molar-refractivity contribution in [3.63, 3.8) is 0 Å². The van der Waals surface area contributed by atoms with Gasteiger partial charge in [-0.1, -0.05) is 28.1 Å². The zero-order valence-corrected chi connectivity index (χ0v) is 10.9. The molecule has 0 atom stereocenters. The summed E-state index contributed by atoms with van der Waals surface area (Å²) < 4.78 is 0.863. The summed E-state index contributed by atoms with van der Waals surface area (Å²) in [6.45, 7) is 1.88. The summed E-state index contributed by atoms with van der Waals surface area (Å²) in [5.74, 6) is 0.153. The van der Waals surface area contributed by atoms with Crippen LogP contribution in [0.25, 0.3) is 0 Å². The van der Waals surface area contributed by atoms with Crippen LogP contribution in [-0.4, -0.2) is 10.8 Å². The molecule has 2 rings (SSSR count). The van der Waals surface area contributed by atoms with Crippen molar-refractivity contribution in [1.29, 1.82) is 0 Å². The molecule has 4 heteroatoms. The lowest BCUT2D eigenvalue weighted by atomic mass is 10.0. The van der Waals surface area contributed by atoms with E-state index >= 15 is 0 Å². The van der Waals surface area contributed by atoms with Gasteiger partial charge in [0.25, 0.3) is 0 Å². The van der Waals surface area contributed by atoms with E-state index in [4.69, 9.17) is 5.73 Å². The van der Waals surface area contributed by atoms with Crippen LogP contribution in [0.1, 0.15) is 21.5 Å². The van der Waals surface area contributed by atoms with E-state index in [-0.39, 0.29) is 11.6 Å². The van der Waals surface area contributed by atoms with Crippen molar-refractivity contribution in [2.75, 3.05) is 5.73 Å². The lowest BCUT2D eigenvalue weighted by Crippen LogP contribution is -2.07. The minimum atomic E-state index is -0.111. The van der Waals surface area contributed by atoms with Crippen molar-refractivity contribution in [2.45, 2.75) is 6.92 Å². The Morgan fingerprint density at radius 1 is 1.35 bits per heavy atom. The standard InChI is InChI=1S/C13H11BrN2O/c1-8-5-11(13(15)16-7-8)12(17)9-3-2-4-10(14)6-9/h2-7H,1H3,(H2,15,16). The molecule has 0 radical (unpaired) electrons. The van der Waals surface area contributed by atoms with E-state index in [1.54, 1.807) is 24.4 Å². The van der Waals surface area contributed by atoms with Crippen LogP contribution >= 0.6 is 15.9 Å². The first kappa shape index (κ1) is 11.8. The lowest BCUT2D eigenvalue weighted by molar-refractivity contribution is 0.103. The normalized spacial score (nSPS) is 10.2. The molecule has 17 heavy (non-hydrogen) atoms. The summed E-state index contributed by atoms with van der Waals surface area (Å²) in [6.07, 6.45) is 1.65. The second-order valence-electron chi connectivity index (χ2n) is 3.78. The third-order valence-corrected chi connectivity index (χ3v) is 2.88. The highest BCUT2D eigenvalue weighted by atomic mass is 79.9. The molecule has 0 aliphatic heterocycles. The van der Waals surface area contributed by atoms with Gasteiger partial charge in [-0.3, -0.25) is 4.79 Å². The zero-order valence-electron chi connectivity index (χ0n) is 9.27. The Bertz CT molecular complexity index is 581. The molecule has 2 aromatic rings. The fourth-order valence-electron chi connectivity index (χ4n) is 1.55.